The Kier molecular flexibility index (Phi) is 4.63. The highest BCUT2D eigenvalue weighted by Gasteiger charge is 2.22. The molecule has 2 heterocycles. The van der Waals surface area contributed by atoms with Gasteiger partial charge >= 0.3 is 5.97 Å². The second kappa shape index (κ2) is 6.67. The Hall–Kier alpha value is -1.93. The van der Waals surface area contributed by atoms with E-state index in [4.69, 9.17) is 4.74 Å². The van der Waals surface area contributed by atoms with Gasteiger partial charge in [0.15, 0.2) is 5.16 Å². The summed E-state index contributed by atoms with van der Waals surface area (Å²) in [5.41, 5.74) is 0.648. The van der Waals surface area contributed by atoms with Crippen LogP contribution in [0, 0.1) is 5.82 Å². The van der Waals surface area contributed by atoms with E-state index < -0.39 is 5.97 Å². The lowest BCUT2D eigenvalue weighted by Crippen LogP contribution is -2.05. The molecule has 120 valence electrons. The highest BCUT2D eigenvalue weighted by atomic mass is 32.2. The molecule has 0 saturated heterocycles. The van der Waals surface area contributed by atoms with Crippen LogP contribution >= 0.6 is 23.1 Å². The molecule has 0 aliphatic rings. The standard InChI is InChI=1S/C15H14FN3O2S2/c1-3-21-14(20)13-9(7-22-15-18-17-8-19(15)2)12-10(16)5-4-6-11(12)23-13/h4-6,8H,3,7H2,1-2H3. The van der Waals surface area contributed by atoms with E-state index in [9.17, 15) is 9.18 Å². The smallest absolute Gasteiger partial charge is 0.348 e. The van der Waals surface area contributed by atoms with E-state index in [2.05, 4.69) is 10.2 Å². The van der Waals surface area contributed by atoms with E-state index in [1.54, 1.807) is 23.9 Å². The number of benzene rings is 1. The van der Waals surface area contributed by atoms with Crippen LogP contribution in [-0.2, 0) is 17.5 Å². The normalized spacial score (nSPS) is 11.1. The Labute approximate surface area is 140 Å². The first-order valence-corrected chi connectivity index (χ1v) is 8.75. The van der Waals surface area contributed by atoms with Gasteiger partial charge in [-0.15, -0.1) is 21.5 Å². The van der Waals surface area contributed by atoms with E-state index >= 15 is 0 Å². The number of rotatable bonds is 5. The van der Waals surface area contributed by atoms with Crippen LogP contribution in [0.5, 0.6) is 0 Å². The van der Waals surface area contributed by atoms with Crippen molar-refractivity contribution in [2.24, 2.45) is 7.05 Å². The molecule has 0 saturated carbocycles. The van der Waals surface area contributed by atoms with Crippen molar-refractivity contribution in [1.29, 1.82) is 0 Å². The topological polar surface area (TPSA) is 57.0 Å². The maximum Gasteiger partial charge on any atom is 0.348 e. The number of ether oxygens (including phenoxy) is 1. The van der Waals surface area contributed by atoms with Crippen molar-refractivity contribution in [2.75, 3.05) is 6.61 Å². The van der Waals surface area contributed by atoms with Crippen molar-refractivity contribution < 1.29 is 13.9 Å². The molecule has 0 N–H and O–H groups in total. The molecule has 3 aromatic rings. The Morgan fingerprint density at radius 1 is 1.48 bits per heavy atom. The lowest BCUT2D eigenvalue weighted by molar-refractivity contribution is 0.0531. The van der Waals surface area contributed by atoms with Crippen LogP contribution in [0.3, 0.4) is 0 Å². The number of fused-ring (bicyclic) bond motifs is 1. The van der Waals surface area contributed by atoms with Gasteiger partial charge in [-0.3, -0.25) is 0 Å². The lowest BCUT2D eigenvalue weighted by atomic mass is 10.1. The number of esters is 1. The average molecular weight is 351 g/mol. The molecule has 0 fully saturated rings. The van der Waals surface area contributed by atoms with Gasteiger partial charge in [-0.2, -0.15) is 0 Å². The second-order valence-electron chi connectivity index (χ2n) is 4.76. The summed E-state index contributed by atoms with van der Waals surface area (Å²) in [6, 6.07) is 4.85. The fourth-order valence-corrected chi connectivity index (χ4v) is 4.34. The quantitative estimate of drug-likeness (QED) is 0.519. The van der Waals surface area contributed by atoms with Gasteiger partial charge in [0, 0.05) is 22.9 Å². The zero-order chi connectivity index (χ0) is 16.4. The predicted molar refractivity (Wildman–Crippen MR) is 88.3 cm³/mol. The summed E-state index contributed by atoms with van der Waals surface area (Å²) in [7, 11) is 1.83. The van der Waals surface area contributed by atoms with Crippen LogP contribution in [0.2, 0.25) is 0 Å². The van der Waals surface area contributed by atoms with Crippen molar-refractivity contribution in [3.05, 3.63) is 40.8 Å². The van der Waals surface area contributed by atoms with Gasteiger partial charge in [0.25, 0.3) is 0 Å². The first-order chi connectivity index (χ1) is 11.1. The number of aryl methyl sites for hydroxylation is 1. The van der Waals surface area contributed by atoms with Crippen LogP contribution in [0.15, 0.2) is 29.7 Å². The fourth-order valence-electron chi connectivity index (χ4n) is 2.21. The first kappa shape index (κ1) is 15.9. The predicted octanol–water partition coefficient (Wildman–Crippen LogP) is 3.64. The summed E-state index contributed by atoms with van der Waals surface area (Å²) in [5, 5.41) is 9.00. The molecule has 3 rings (SSSR count). The van der Waals surface area contributed by atoms with E-state index in [0.717, 1.165) is 4.70 Å². The number of aromatic nitrogens is 3. The molecule has 0 unspecified atom stereocenters. The zero-order valence-corrected chi connectivity index (χ0v) is 14.2. The van der Waals surface area contributed by atoms with Crippen molar-refractivity contribution in [3.63, 3.8) is 0 Å². The summed E-state index contributed by atoms with van der Waals surface area (Å²) < 4.78 is 21.9. The number of carbonyl (C=O) groups excluding carboxylic acids is 1. The molecule has 0 bridgehead atoms. The molecule has 2 aromatic heterocycles. The minimum Gasteiger partial charge on any atom is -0.462 e. The van der Waals surface area contributed by atoms with Gasteiger partial charge in [0.2, 0.25) is 0 Å². The Bertz CT molecular complexity index is 860. The third-order valence-electron chi connectivity index (χ3n) is 3.24. The maximum atomic E-state index is 14.3. The third-order valence-corrected chi connectivity index (χ3v) is 5.48. The molecule has 8 heteroatoms. The fraction of sp³-hybridized carbons (Fsp3) is 0.267. The highest BCUT2D eigenvalue weighted by Crippen LogP contribution is 2.37. The van der Waals surface area contributed by atoms with Crippen LogP contribution < -0.4 is 0 Å². The van der Waals surface area contributed by atoms with Gasteiger partial charge in [-0.1, -0.05) is 17.8 Å². The summed E-state index contributed by atoms with van der Waals surface area (Å²) in [4.78, 5) is 12.6. The molecule has 0 aliphatic carbocycles. The number of thiophene rings is 1. The van der Waals surface area contributed by atoms with Gasteiger partial charge in [-0.25, -0.2) is 9.18 Å². The maximum absolute atomic E-state index is 14.3. The Morgan fingerprint density at radius 2 is 2.30 bits per heavy atom. The van der Waals surface area contributed by atoms with Gasteiger partial charge < -0.3 is 9.30 Å². The number of carbonyl (C=O) groups is 1. The summed E-state index contributed by atoms with van der Waals surface area (Å²) in [6.07, 6.45) is 1.60. The lowest BCUT2D eigenvalue weighted by Gasteiger charge is -2.05. The van der Waals surface area contributed by atoms with Crippen molar-refractivity contribution in [2.45, 2.75) is 17.8 Å². The zero-order valence-electron chi connectivity index (χ0n) is 12.6. The molecule has 0 aliphatic heterocycles. The van der Waals surface area contributed by atoms with Crippen LogP contribution in [0.25, 0.3) is 10.1 Å². The molecule has 0 spiro atoms. The SMILES string of the molecule is CCOC(=O)c1sc2cccc(F)c2c1CSc1nncn1C. The number of hydrogen-bond donors (Lipinski definition) is 0. The summed E-state index contributed by atoms with van der Waals surface area (Å²) >= 11 is 2.66. The van der Waals surface area contributed by atoms with Gasteiger partial charge in [0.05, 0.1) is 6.61 Å². The largest absolute Gasteiger partial charge is 0.462 e. The molecule has 0 atom stereocenters. The Morgan fingerprint density at radius 3 is 3.00 bits per heavy atom. The number of thioether (sulfide) groups is 1. The molecule has 23 heavy (non-hydrogen) atoms. The van der Waals surface area contributed by atoms with Crippen molar-refractivity contribution in [3.8, 4) is 0 Å². The molecule has 1 aromatic carbocycles. The van der Waals surface area contributed by atoms with Gasteiger partial charge in [0.1, 0.15) is 17.0 Å². The van der Waals surface area contributed by atoms with E-state index in [-0.39, 0.29) is 12.4 Å². The van der Waals surface area contributed by atoms with E-state index in [1.807, 2.05) is 13.1 Å². The van der Waals surface area contributed by atoms with E-state index in [0.29, 0.717) is 26.7 Å². The Balaban J connectivity index is 2.03. The second-order valence-corrected chi connectivity index (χ2v) is 6.75. The number of halogens is 1. The summed E-state index contributed by atoms with van der Waals surface area (Å²) in [6.45, 7) is 2.03. The van der Waals surface area contributed by atoms with Crippen molar-refractivity contribution >= 4 is 39.2 Å². The number of nitrogens with zero attached hydrogens (tertiary/aromatic N) is 3. The van der Waals surface area contributed by atoms with Crippen LogP contribution in [0.1, 0.15) is 22.2 Å². The highest BCUT2D eigenvalue weighted by molar-refractivity contribution is 7.98. The first-order valence-electron chi connectivity index (χ1n) is 6.95. The van der Waals surface area contributed by atoms with Crippen LogP contribution in [0.4, 0.5) is 4.39 Å². The van der Waals surface area contributed by atoms with Gasteiger partial charge in [-0.05, 0) is 24.6 Å². The molecule has 5 nitrogen and oxygen atoms in total. The molecule has 0 amide bonds. The van der Waals surface area contributed by atoms with Crippen LogP contribution in [-0.4, -0.2) is 27.3 Å². The molecular formula is C15H14FN3O2S2. The molecule has 0 radical (unpaired) electrons. The summed E-state index contributed by atoms with van der Waals surface area (Å²) in [5.74, 6) is -0.328. The minimum atomic E-state index is -0.415. The van der Waals surface area contributed by atoms with E-state index in [1.165, 1.54) is 29.2 Å². The third kappa shape index (κ3) is 3.09. The monoisotopic (exact) mass is 351 g/mol. The minimum absolute atomic E-state index is 0.283. The molecular weight excluding hydrogens is 337 g/mol. The number of hydrogen-bond acceptors (Lipinski definition) is 6. The average Bonchev–Trinajstić information content (AvgIpc) is 3.10. The van der Waals surface area contributed by atoms with Crippen molar-refractivity contribution in [1.82, 2.24) is 14.8 Å².